The van der Waals surface area contributed by atoms with E-state index < -0.39 is 30.0 Å². The average Bonchev–Trinajstić information content (AvgIpc) is 2.74. The molecule has 13 heteroatoms. The molecule has 0 spiro atoms. The molecule has 0 aromatic heterocycles. The highest BCUT2D eigenvalue weighted by atomic mass is 32.2. The zero-order valence-corrected chi connectivity index (χ0v) is 20.9. The second-order valence-corrected chi connectivity index (χ2v) is 10.7. The van der Waals surface area contributed by atoms with Gasteiger partial charge in [-0.2, -0.15) is 32.2 Å². The fraction of sp³-hybridized carbons (Fsp3) is 0.182. The fourth-order valence-electron chi connectivity index (χ4n) is 3.09. The van der Waals surface area contributed by atoms with E-state index in [9.17, 15) is 21.4 Å². The summed E-state index contributed by atoms with van der Waals surface area (Å²) in [6.45, 7) is 7.30. The van der Waals surface area contributed by atoms with Crippen molar-refractivity contribution in [3.63, 3.8) is 0 Å². The Balaban J connectivity index is 1.97. The van der Waals surface area contributed by atoms with Gasteiger partial charge in [0.1, 0.15) is 10.6 Å². The third-order valence-corrected chi connectivity index (χ3v) is 6.87. The van der Waals surface area contributed by atoms with Crippen LogP contribution in [0.3, 0.4) is 0 Å². The molecular weight excluding hydrogens is 494 g/mol. The smallest absolute Gasteiger partial charge is 0.296 e. The van der Waals surface area contributed by atoms with Gasteiger partial charge in [0.15, 0.2) is 0 Å². The first kappa shape index (κ1) is 26.1. The minimum absolute atomic E-state index is 0.310. The summed E-state index contributed by atoms with van der Waals surface area (Å²) in [5.41, 5.74) is 11.1. The van der Waals surface area contributed by atoms with E-state index in [2.05, 4.69) is 20.5 Å². The Kier molecular flexibility index (Phi) is 7.17. The number of nitrogens with zero attached hydrogens (tertiary/aromatic N) is 4. The molecule has 3 rings (SSSR count). The molecule has 0 saturated heterocycles. The van der Waals surface area contributed by atoms with Crippen LogP contribution in [-0.2, 0) is 20.2 Å². The van der Waals surface area contributed by atoms with E-state index in [1.54, 1.807) is 26.0 Å². The molecule has 0 aliphatic carbocycles. The molecule has 0 aliphatic heterocycles. The summed E-state index contributed by atoms with van der Waals surface area (Å²) < 4.78 is 64.7. The highest BCUT2D eigenvalue weighted by molar-refractivity contribution is 7.86. The van der Waals surface area contributed by atoms with Crippen LogP contribution in [0.25, 0.3) is 0 Å². The van der Waals surface area contributed by atoms with Crippen molar-refractivity contribution in [1.29, 1.82) is 0 Å². The monoisotopic (exact) mass is 517 g/mol. The minimum Gasteiger partial charge on any atom is -0.399 e. The van der Waals surface area contributed by atoms with Crippen LogP contribution in [0.4, 0.5) is 28.4 Å². The van der Waals surface area contributed by atoms with E-state index in [-0.39, 0.29) is 5.69 Å². The Morgan fingerprint density at radius 2 is 1.03 bits per heavy atom. The molecule has 0 fully saturated rings. The average molecular weight is 518 g/mol. The molecule has 0 saturated carbocycles. The van der Waals surface area contributed by atoms with Gasteiger partial charge in [-0.05, 0) is 92.4 Å². The molecule has 4 N–H and O–H groups in total. The molecule has 35 heavy (non-hydrogen) atoms. The molecule has 11 nitrogen and oxygen atoms in total. The summed E-state index contributed by atoms with van der Waals surface area (Å²) in [6, 6.07) is 9.64. The number of rotatable bonds is 6. The normalized spacial score (nSPS) is 12.6. The van der Waals surface area contributed by atoms with Crippen molar-refractivity contribution >= 4 is 48.7 Å². The summed E-state index contributed by atoms with van der Waals surface area (Å²) in [6.07, 6.45) is 0. The highest BCUT2D eigenvalue weighted by Gasteiger charge is 2.20. The lowest BCUT2D eigenvalue weighted by atomic mass is 10.1. The van der Waals surface area contributed by atoms with Crippen molar-refractivity contribution in [2.24, 2.45) is 20.5 Å². The molecule has 3 aromatic carbocycles. The van der Waals surface area contributed by atoms with Crippen LogP contribution in [0, 0.1) is 27.7 Å². The minimum atomic E-state index is -4.85. The Morgan fingerprint density at radius 1 is 0.600 bits per heavy atom. The number of azo groups is 2. The first-order valence-electron chi connectivity index (χ1n) is 10.1. The lowest BCUT2D eigenvalue weighted by molar-refractivity contribution is 0.481. The van der Waals surface area contributed by atoms with Gasteiger partial charge >= 0.3 is 0 Å². The third kappa shape index (κ3) is 6.14. The molecule has 0 unspecified atom stereocenters. The molecule has 184 valence electrons. The molecular formula is C22H23N5O6S2. The lowest BCUT2D eigenvalue weighted by Crippen LogP contribution is -2.03. The Morgan fingerprint density at radius 3 is 1.49 bits per heavy atom. The van der Waals surface area contributed by atoms with Crippen molar-refractivity contribution in [3.05, 3.63) is 64.7 Å². The van der Waals surface area contributed by atoms with Crippen LogP contribution in [0.2, 0.25) is 0 Å². The fourth-order valence-corrected chi connectivity index (χ4v) is 4.32. The van der Waals surface area contributed by atoms with E-state index >= 15 is 0 Å². The van der Waals surface area contributed by atoms with Crippen molar-refractivity contribution in [1.82, 2.24) is 0 Å². The van der Waals surface area contributed by atoms with E-state index in [1.165, 1.54) is 0 Å². The van der Waals surface area contributed by atoms with Gasteiger partial charge in [-0.15, -0.1) is 5.11 Å². The predicted molar refractivity (Wildman–Crippen MR) is 131 cm³/mol. The second kappa shape index (κ2) is 9.62. The third-order valence-electron chi connectivity index (χ3n) is 5.14. The standard InChI is InChI=1S/C22H23N5O6S2/c1-12-8-19(13(2)7-17(12)23)26-27-21-10-14(3)20(9-15(21)4)25-24-18-6-5-16(34(28,29)30)11-22(18)35(31,32)33/h5-11H,23H2,1-4H3,(H,28,29,30)(H,31,32,33)/b25-24?,27-26+. The lowest BCUT2D eigenvalue weighted by Gasteiger charge is -2.07. The molecule has 0 atom stereocenters. The predicted octanol–water partition coefficient (Wildman–Crippen LogP) is 5.83. The maximum absolute atomic E-state index is 11.7. The summed E-state index contributed by atoms with van der Waals surface area (Å²) in [5, 5.41) is 16.6. The van der Waals surface area contributed by atoms with Gasteiger partial charge in [-0.25, -0.2) is 0 Å². The highest BCUT2D eigenvalue weighted by Crippen LogP contribution is 2.34. The zero-order chi connectivity index (χ0) is 26.1. The van der Waals surface area contributed by atoms with E-state index in [0.29, 0.717) is 34.4 Å². The van der Waals surface area contributed by atoms with Crippen LogP contribution in [0.15, 0.2) is 72.7 Å². The van der Waals surface area contributed by atoms with Crippen LogP contribution >= 0.6 is 0 Å². The van der Waals surface area contributed by atoms with Gasteiger partial charge in [0.2, 0.25) is 0 Å². The Hall–Kier alpha value is -3.52. The first-order chi connectivity index (χ1) is 16.2. The second-order valence-electron chi connectivity index (χ2n) is 7.90. The Labute approximate surface area is 202 Å². The van der Waals surface area contributed by atoms with Crippen LogP contribution < -0.4 is 5.73 Å². The van der Waals surface area contributed by atoms with Crippen molar-refractivity contribution < 1.29 is 25.9 Å². The molecule has 0 radical (unpaired) electrons. The van der Waals surface area contributed by atoms with Crippen molar-refractivity contribution in [2.75, 3.05) is 5.73 Å². The van der Waals surface area contributed by atoms with E-state index in [0.717, 1.165) is 28.8 Å². The van der Waals surface area contributed by atoms with Gasteiger partial charge < -0.3 is 5.73 Å². The number of anilines is 1. The summed E-state index contributed by atoms with van der Waals surface area (Å²) in [5.74, 6) is 0. The van der Waals surface area contributed by atoms with Crippen LogP contribution in [0.1, 0.15) is 22.3 Å². The van der Waals surface area contributed by atoms with Crippen LogP contribution in [0.5, 0.6) is 0 Å². The maximum Gasteiger partial charge on any atom is 0.296 e. The number of nitrogen functional groups attached to an aromatic ring is 1. The van der Waals surface area contributed by atoms with Gasteiger partial charge in [-0.1, -0.05) is 0 Å². The van der Waals surface area contributed by atoms with E-state index in [4.69, 9.17) is 10.3 Å². The zero-order valence-electron chi connectivity index (χ0n) is 19.3. The quantitative estimate of drug-likeness (QED) is 0.209. The Bertz CT molecular complexity index is 1600. The molecule has 0 bridgehead atoms. The number of hydrogen-bond acceptors (Lipinski definition) is 9. The van der Waals surface area contributed by atoms with E-state index in [1.807, 2.05) is 26.0 Å². The number of hydrogen-bond donors (Lipinski definition) is 3. The number of nitrogens with two attached hydrogens (primary N) is 1. The number of aryl methyl sites for hydroxylation is 4. The summed E-state index contributed by atoms with van der Waals surface area (Å²) >= 11 is 0. The summed E-state index contributed by atoms with van der Waals surface area (Å²) in [4.78, 5) is -1.53. The van der Waals surface area contributed by atoms with Gasteiger partial charge in [-0.3, -0.25) is 9.11 Å². The molecule has 3 aromatic rings. The van der Waals surface area contributed by atoms with Crippen molar-refractivity contribution in [2.45, 2.75) is 37.5 Å². The van der Waals surface area contributed by atoms with Crippen molar-refractivity contribution in [3.8, 4) is 0 Å². The first-order valence-corrected chi connectivity index (χ1v) is 13.0. The molecule has 0 aliphatic rings. The van der Waals surface area contributed by atoms with Crippen LogP contribution in [-0.4, -0.2) is 25.9 Å². The largest absolute Gasteiger partial charge is 0.399 e. The van der Waals surface area contributed by atoms with Gasteiger partial charge in [0.25, 0.3) is 20.2 Å². The molecule has 0 amide bonds. The molecule has 0 heterocycles. The topological polar surface area (TPSA) is 184 Å². The SMILES string of the molecule is Cc1cc(/N=N/c2cc(C)c(N=Nc3ccc(S(=O)(=O)O)cc3S(=O)(=O)O)cc2C)c(C)cc1N. The van der Waals surface area contributed by atoms with Gasteiger partial charge in [0.05, 0.1) is 22.0 Å². The number of benzene rings is 3. The summed E-state index contributed by atoms with van der Waals surface area (Å²) in [7, 11) is -9.55. The van der Waals surface area contributed by atoms with Gasteiger partial charge in [0, 0.05) is 5.69 Å². The maximum atomic E-state index is 11.7.